The Kier molecular flexibility index (Phi) is 5.21. The van der Waals surface area contributed by atoms with Gasteiger partial charge in [-0.15, -0.1) is 0 Å². The highest BCUT2D eigenvalue weighted by Crippen LogP contribution is 2.45. The Bertz CT molecular complexity index is 356. The molecule has 2 N–H and O–H groups in total. The van der Waals surface area contributed by atoms with Gasteiger partial charge in [-0.2, -0.15) is 0 Å². The maximum Gasteiger partial charge on any atom is 0.224 e. The van der Waals surface area contributed by atoms with Crippen LogP contribution in [0.4, 0.5) is 0 Å². The number of amides is 2. The summed E-state index contributed by atoms with van der Waals surface area (Å²) >= 11 is 0. The first kappa shape index (κ1) is 15.1. The summed E-state index contributed by atoms with van der Waals surface area (Å²) in [6, 6.07) is 0. The van der Waals surface area contributed by atoms with Crippen molar-refractivity contribution in [3.8, 4) is 0 Å². The van der Waals surface area contributed by atoms with Gasteiger partial charge in [0, 0.05) is 13.1 Å². The smallest absolute Gasteiger partial charge is 0.224 e. The van der Waals surface area contributed by atoms with Crippen molar-refractivity contribution >= 4 is 11.8 Å². The Labute approximate surface area is 121 Å². The molecule has 0 spiro atoms. The van der Waals surface area contributed by atoms with Crippen LogP contribution >= 0.6 is 0 Å². The van der Waals surface area contributed by atoms with E-state index in [4.69, 9.17) is 0 Å². The number of allylic oxidation sites excluding steroid dienone is 2. The van der Waals surface area contributed by atoms with Crippen molar-refractivity contribution in [3.63, 3.8) is 0 Å². The van der Waals surface area contributed by atoms with Gasteiger partial charge in [-0.1, -0.05) is 26.0 Å². The average Bonchev–Trinajstić information content (AvgIpc) is 2.50. The second kappa shape index (κ2) is 6.91. The first-order valence-electron chi connectivity index (χ1n) is 7.92. The third kappa shape index (κ3) is 3.05. The molecule has 2 amide bonds. The van der Waals surface area contributed by atoms with Gasteiger partial charge in [-0.05, 0) is 37.5 Å². The van der Waals surface area contributed by atoms with Gasteiger partial charge in [0.15, 0.2) is 0 Å². The highest BCUT2D eigenvalue weighted by molar-refractivity contribution is 5.89. The van der Waals surface area contributed by atoms with Gasteiger partial charge < -0.3 is 10.6 Å². The van der Waals surface area contributed by atoms with Crippen molar-refractivity contribution in [2.75, 3.05) is 13.1 Å². The second-order valence-electron chi connectivity index (χ2n) is 5.92. The van der Waals surface area contributed by atoms with Crippen molar-refractivity contribution in [2.45, 2.75) is 39.5 Å². The van der Waals surface area contributed by atoms with Crippen molar-refractivity contribution in [1.29, 1.82) is 0 Å². The molecule has 4 atom stereocenters. The molecule has 0 aromatic carbocycles. The van der Waals surface area contributed by atoms with Gasteiger partial charge in [0.25, 0.3) is 0 Å². The number of nitrogens with one attached hydrogen (secondary N) is 2. The van der Waals surface area contributed by atoms with Gasteiger partial charge >= 0.3 is 0 Å². The molecule has 0 unspecified atom stereocenters. The van der Waals surface area contributed by atoms with Crippen LogP contribution in [0.3, 0.4) is 0 Å². The van der Waals surface area contributed by atoms with Gasteiger partial charge in [-0.3, -0.25) is 9.59 Å². The van der Waals surface area contributed by atoms with Crippen LogP contribution in [0.15, 0.2) is 12.2 Å². The number of hydrogen-bond acceptors (Lipinski definition) is 2. The van der Waals surface area contributed by atoms with E-state index in [1.165, 1.54) is 0 Å². The fourth-order valence-corrected chi connectivity index (χ4v) is 3.44. The third-order valence-electron chi connectivity index (χ3n) is 4.45. The predicted octanol–water partition coefficient (Wildman–Crippen LogP) is 1.87. The lowest BCUT2D eigenvalue weighted by molar-refractivity contribution is -0.140. The maximum atomic E-state index is 12.4. The van der Waals surface area contributed by atoms with Crippen molar-refractivity contribution in [3.05, 3.63) is 12.2 Å². The molecular formula is C16H26N2O2. The lowest BCUT2D eigenvalue weighted by Crippen LogP contribution is -2.52. The van der Waals surface area contributed by atoms with Gasteiger partial charge in [0.2, 0.25) is 11.8 Å². The molecule has 4 heteroatoms. The minimum absolute atomic E-state index is 0.0579. The van der Waals surface area contributed by atoms with E-state index in [0.717, 1.165) is 25.7 Å². The number of fused-ring (bicyclic) bond motifs is 2. The Hall–Kier alpha value is -1.32. The quantitative estimate of drug-likeness (QED) is 0.729. The highest BCUT2D eigenvalue weighted by Gasteiger charge is 2.47. The van der Waals surface area contributed by atoms with Crippen LogP contribution < -0.4 is 10.6 Å². The van der Waals surface area contributed by atoms with Crippen molar-refractivity contribution in [1.82, 2.24) is 10.6 Å². The first-order valence-corrected chi connectivity index (χ1v) is 7.92. The number of hydrogen-bond donors (Lipinski definition) is 2. The summed E-state index contributed by atoms with van der Waals surface area (Å²) in [6.07, 6.45) is 8.21. The first-order chi connectivity index (χ1) is 9.69. The number of rotatable bonds is 6. The highest BCUT2D eigenvalue weighted by atomic mass is 16.2. The summed E-state index contributed by atoms with van der Waals surface area (Å²) in [7, 11) is 0. The normalized spacial score (nSPS) is 31.1. The third-order valence-corrected chi connectivity index (χ3v) is 4.45. The Balaban J connectivity index is 2.11. The second-order valence-corrected chi connectivity index (χ2v) is 5.92. The minimum atomic E-state index is -0.179. The van der Waals surface area contributed by atoms with Crippen molar-refractivity contribution in [2.24, 2.45) is 23.7 Å². The lowest BCUT2D eigenvalue weighted by Gasteiger charge is -2.43. The van der Waals surface area contributed by atoms with E-state index < -0.39 is 0 Å². The lowest BCUT2D eigenvalue weighted by atomic mass is 9.61. The van der Waals surface area contributed by atoms with Crippen LogP contribution in [-0.4, -0.2) is 24.9 Å². The summed E-state index contributed by atoms with van der Waals surface area (Å²) in [6.45, 7) is 5.47. The molecule has 3 aliphatic carbocycles. The summed E-state index contributed by atoms with van der Waals surface area (Å²) in [5.74, 6) is 0.220. The molecule has 112 valence electrons. The molecule has 0 aromatic rings. The Morgan fingerprint density at radius 2 is 1.30 bits per heavy atom. The van der Waals surface area contributed by atoms with E-state index in [9.17, 15) is 9.59 Å². The van der Waals surface area contributed by atoms with E-state index in [2.05, 4.69) is 22.8 Å². The largest absolute Gasteiger partial charge is 0.356 e. The monoisotopic (exact) mass is 278 g/mol. The van der Waals surface area contributed by atoms with E-state index >= 15 is 0 Å². The SMILES string of the molecule is CCCNC(=O)[C@@H]1[C@@H](C(=O)NCCC)[C@H]2C=C[C@H]1CC2. The summed E-state index contributed by atoms with van der Waals surface area (Å²) in [5, 5.41) is 5.95. The molecule has 1 saturated carbocycles. The predicted molar refractivity (Wildman–Crippen MR) is 78.9 cm³/mol. The van der Waals surface area contributed by atoms with E-state index in [1.54, 1.807) is 0 Å². The molecule has 0 aliphatic heterocycles. The molecule has 1 fully saturated rings. The van der Waals surface area contributed by atoms with Crippen LogP contribution in [0.2, 0.25) is 0 Å². The van der Waals surface area contributed by atoms with E-state index in [1.807, 2.05) is 13.8 Å². The fraction of sp³-hybridized carbons (Fsp3) is 0.750. The number of carbonyl (C=O) groups is 2. The standard InChI is InChI=1S/C16H26N2O2/c1-3-9-17-15(19)13-11-5-7-12(8-6-11)14(13)16(20)18-10-4-2/h5,7,11-14H,3-4,6,8-10H2,1-2H3,(H,17,19)(H,18,20)/t11-,12-,13-,14-/m0/s1. The molecule has 0 aromatic heterocycles. The molecule has 2 bridgehead atoms. The number of carbonyl (C=O) groups excluding carboxylic acids is 2. The summed E-state index contributed by atoms with van der Waals surface area (Å²) < 4.78 is 0. The topological polar surface area (TPSA) is 58.2 Å². The van der Waals surface area contributed by atoms with Crippen LogP contribution in [0.5, 0.6) is 0 Å². The van der Waals surface area contributed by atoms with Crippen LogP contribution in [0.1, 0.15) is 39.5 Å². The van der Waals surface area contributed by atoms with Gasteiger partial charge in [0.05, 0.1) is 11.8 Å². The summed E-state index contributed by atoms with van der Waals surface area (Å²) in [5.41, 5.74) is 0. The molecule has 0 saturated heterocycles. The molecule has 3 aliphatic rings. The minimum Gasteiger partial charge on any atom is -0.356 e. The molecule has 3 rings (SSSR count). The Morgan fingerprint density at radius 3 is 1.60 bits per heavy atom. The van der Waals surface area contributed by atoms with Gasteiger partial charge in [-0.25, -0.2) is 0 Å². The zero-order valence-corrected chi connectivity index (χ0v) is 12.5. The molecule has 0 radical (unpaired) electrons. The van der Waals surface area contributed by atoms with Crippen LogP contribution in [-0.2, 0) is 9.59 Å². The molecule has 20 heavy (non-hydrogen) atoms. The molecular weight excluding hydrogens is 252 g/mol. The summed E-state index contributed by atoms with van der Waals surface area (Å²) in [4.78, 5) is 24.8. The van der Waals surface area contributed by atoms with E-state index in [0.29, 0.717) is 13.1 Å². The zero-order valence-electron chi connectivity index (χ0n) is 12.5. The average molecular weight is 278 g/mol. The fourth-order valence-electron chi connectivity index (χ4n) is 3.44. The van der Waals surface area contributed by atoms with Gasteiger partial charge in [0.1, 0.15) is 0 Å². The van der Waals surface area contributed by atoms with Crippen LogP contribution in [0, 0.1) is 23.7 Å². The zero-order chi connectivity index (χ0) is 14.5. The van der Waals surface area contributed by atoms with Crippen LogP contribution in [0.25, 0.3) is 0 Å². The van der Waals surface area contributed by atoms with Crippen molar-refractivity contribution < 1.29 is 9.59 Å². The Morgan fingerprint density at radius 1 is 0.900 bits per heavy atom. The van der Waals surface area contributed by atoms with E-state index in [-0.39, 0.29) is 35.5 Å². The molecule has 0 heterocycles. The molecule has 4 nitrogen and oxygen atoms in total. The maximum absolute atomic E-state index is 12.4.